The van der Waals surface area contributed by atoms with E-state index in [4.69, 9.17) is 5.11 Å². The van der Waals surface area contributed by atoms with Crippen molar-refractivity contribution < 1.29 is 9.90 Å². The van der Waals surface area contributed by atoms with Crippen LogP contribution in [0.3, 0.4) is 0 Å². The highest BCUT2D eigenvalue weighted by Crippen LogP contribution is 2.21. The number of benzene rings is 1. The van der Waals surface area contributed by atoms with Crippen molar-refractivity contribution in [1.29, 1.82) is 0 Å². The topological polar surface area (TPSA) is 94.1 Å². The SMILES string of the molecule is O=C(CO)c1cnc(N2CCC(CNCc3cccc4[nH]ccc34)CC2)nc1. The molecule has 28 heavy (non-hydrogen) atoms. The van der Waals surface area contributed by atoms with Gasteiger partial charge in [-0.05, 0) is 43.0 Å². The van der Waals surface area contributed by atoms with Gasteiger partial charge in [-0.25, -0.2) is 9.97 Å². The third-order valence-corrected chi connectivity index (χ3v) is 5.43. The van der Waals surface area contributed by atoms with Gasteiger partial charge in [-0.2, -0.15) is 0 Å². The van der Waals surface area contributed by atoms with Crippen molar-refractivity contribution in [3.63, 3.8) is 0 Å². The number of carbonyl (C=O) groups excluding carboxylic acids is 1. The van der Waals surface area contributed by atoms with Crippen molar-refractivity contribution >= 4 is 22.6 Å². The minimum absolute atomic E-state index is 0.350. The van der Waals surface area contributed by atoms with Gasteiger partial charge in [0.25, 0.3) is 0 Å². The Morgan fingerprint density at radius 3 is 2.75 bits per heavy atom. The van der Waals surface area contributed by atoms with Crippen LogP contribution in [0.2, 0.25) is 0 Å². The Hall–Kier alpha value is -2.77. The number of hydrogen-bond acceptors (Lipinski definition) is 6. The van der Waals surface area contributed by atoms with Crippen LogP contribution in [0, 0.1) is 5.92 Å². The molecule has 3 N–H and O–H groups in total. The Morgan fingerprint density at radius 2 is 2.00 bits per heavy atom. The summed E-state index contributed by atoms with van der Waals surface area (Å²) in [5.41, 5.74) is 2.85. The van der Waals surface area contributed by atoms with Gasteiger partial charge in [-0.1, -0.05) is 12.1 Å². The summed E-state index contributed by atoms with van der Waals surface area (Å²) in [6.07, 6.45) is 7.15. The normalized spacial score (nSPS) is 15.2. The lowest BCUT2D eigenvalue weighted by molar-refractivity contribution is 0.0903. The van der Waals surface area contributed by atoms with Crippen LogP contribution in [0.5, 0.6) is 0 Å². The minimum atomic E-state index is -0.514. The molecule has 2 aromatic heterocycles. The summed E-state index contributed by atoms with van der Waals surface area (Å²) in [5.74, 6) is 0.934. The van der Waals surface area contributed by atoms with Crippen molar-refractivity contribution in [3.8, 4) is 0 Å². The van der Waals surface area contributed by atoms with E-state index in [0.29, 0.717) is 17.4 Å². The molecule has 1 aromatic carbocycles. The van der Waals surface area contributed by atoms with Gasteiger partial charge in [0.2, 0.25) is 5.95 Å². The number of anilines is 1. The molecule has 3 heterocycles. The largest absolute Gasteiger partial charge is 0.388 e. The van der Waals surface area contributed by atoms with Gasteiger partial charge in [-0.15, -0.1) is 0 Å². The Balaban J connectivity index is 1.25. The Kier molecular flexibility index (Phi) is 5.64. The van der Waals surface area contributed by atoms with Crippen molar-refractivity contribution in [2.75, 3.05) is 31.1 Å². The van der Waals surface area contributed by atoms with Crippen LogP contribution in [0.1, 0.15) is 28.8 Å². The van der Waals surface area contributed by atoms with E-state index in [-0.39, 0.29) is 5.78 Å². The van der Waals surface area contributed by atoms with Crippen LogP contribution in [0.15, 0.2) is 42.9 Å². The van der Waals surface area contributed by atoms with E-state index < -0.39 is 6.61 Å². The molecule has 3 aromatic rings. The van der Waals surface area contributed by atoms with Gasteiger partial charge in [-0.3, -0.25) is 4.79 Å². The lowest BCUT2D eigenvalue weighted by Gasteiger charge is -2.32. The third-order valence-electron chi connectivity index (χ3n) is 5.43. The Labute approximate surface area is 163 Å². The lowest BCUT2D eigenvalue weighted by Crippen LogP contribution is -2.38. The summed E-state index contributed by atoms with van der Waals surface area (Å²) in [6, 6.07) is 8.50. The number of piperidine rings is 1. The van der Waals surface area contributed by atoms with Gasteiger partial charge in [0.05, 0.1) is 5.56 Å². The molecule has 4 rings (SSSR count). The highest BCUT2D eigenvalue weighted by molar-refractivity contribution is 5.96. The summed E-state index contributed by atoms with van der Waals surface area (Å²) in [6.45, 7) is 3.18. The van der Waals surface area contributed by atoms with Crippen molar-refractivity contribution in [2.24, 2.45) is 5.92 Å². The van der Waals surface area contributed by atoms with Crippen molar-refractivity contribution in [1.82, 2.24) is 20.3 Å². The van der Waals surface area contributed by atoms with Gasteiger partial charge in [0.15, 0.2) is 5.78 Å². The molecule has 0 spiro atoms. The number of nitrogens with zero attached hydrogens (tertiary/aromatic N) is 3. The molecule has 0 radical (unpaired) electrons. The number of aromatic nitrogens is 3. The monoisotopic (exact) mass is 379 g/mol. The highest BCUT2D eigenvalue weighted by Gasteiger charge is 2.21. The van der Waals surface area contributed by atoms with Crippen molar-refractivity contribution in [3.05, 3.63) is 54.0 Å². The molecule has 1 saturated heterocycles. The second-order valence-electron chi connectivity index (χ2n) is 7.27. The quantitative estimate of drug-likeness (QED) is 0.545. The average Bonchev–Trinajstić information content (AvgIpc) is 3.24. The number of aliphatic hydroxyl groups is 1. The zero-order chi connectivity index (χ0) is 19.3. The number of aliphatic hydroxyl groups excluding tert-OH is 1. The average molecular weight is 379 g/mol. The van der Waals surface area contributed by atoms with Gasteiger partial charge in [0, 0.05) is 49.1 Å². The van der Waals surface area contributed by atoms with E-state index in [0.717, 1.165) is 39.0 Å². The molecule has 0 saturated carbocycles. The van der Waals surface area contributed by atoms with Crippen LogP contribution < -0.4 is 10.2 Å². The van der Waals surface area contributed by atoms with E-state index in [1.807, 2.05) is 6.20 Å². The fourth-order valence-electron chi connectivity index (χ4n) is 3.77. The summed E-state index contributed by atoms with van der Waals surface area (Å²) in [4.78, 5) is 25.4. The molecule has 146 valence electrons. The molecular weight excluding hydrogens is 354 g/mol. The first-order valence-corrected chi connectivity index (χ1v) is 9.71. The van der Waals surface area contributed by atoms with Crippen LogP contribution >= 0.6 is 0 Å². The summed E-state index contributed by atoms with van der Waals surface area (Å²) in [7, 11) is 0. The highest BCUT2D eigenvalue weighted by atomic mass is 16.3. The molecular formula is C21H25N5O2. The van der Waals surface area contributed by atoms with Crippen LogP contribution in [0.25, 0.3) is 10.9 Å². The predicted octanol–water partition coefficient (Wildman–Crippen LogP) is 2.14. The summed E-state index contributed by atoms with van der Waals surface area (Å²) in [5, 5.41) is 13.8. The standard InChI is InChI=1S/C21H25N5O2/c27-14-20(28)17-12-24-21(25-13-17)26-8-5-15(6-9-26)10-22-11-16-2-1-3-19-18(16)4-7-23-19/h1-4,7,12-13,15,22-23,27H,5-6,8-11,14H2. The first kappa shape index (κ1) is 18.6. The van der Waals surface area contributed by atoms with Crippen LogP contribution in [-0.2, 0) is 6.54 Å². The molecule has 0 aliphatic carbocycles. The second kappa shape index (κ2) is 8.50. The van der Waals surface area contributed by atoms with E-state index in [1.165, 1.54) is 28.9 Å². The molecule has 1 aliphatic heterocycles. The second-order valence-corrected chi connectivity index (χ2v) is 7.27. The number of rotatable bonds is 7. The van der Waals surface area contributed by atoms with Crippen LogP contribution in [-0.4, -0.2) is 52.1 Å². The first-order valence-electron chi connectivity index (χ1n) is 9.71. The van der Waals surface area contributed by atoms with Gasteiger partial charge in [0.1, 0.15) is 6.61 Å². The fraction of sp³-hybridized carbons (Fsp3) is 0.381. The number of hydrogen-bond donors (Lipinski definition) is 3. The first-order chi connectivity index (χ1) is 13.7. The van der Waals surface area contributed by atoms with E-state index in [2.05, 4.69) is 49.4 Å². The zero-order valence-electron chi connectivity index (χ0n) is 15.8. The number of nitrogens with one attached hydrogen (secondary N) is 2. The molecule has 7 heteroatoms. The molecule has 7 nitrogen and oxygen atoms in total. The maximum Gasteiger partial charge on any atom is 0.225 e. The number of fused-ring (bicyclic) bond motifs is 1. The minimum Gasteiger partial charge on any atom is -0.388 e. The van der Waals surface area contributed by atoms with E-state index >= 15 is 0 Å². The third kappa shape index (κ3) is 4.05. The fourth-order valence-corrected chi connectivity index (χ4v) is 3.77. The van der Waals surface area contributed by atoms with Crippen LogP contribution in [0.4, 0.5) is 5.95 Å². The lowest BCUT2D eigenvalue weighted by atomic mass is 9.97. The maximum absolute atomic E-state index is 11.5. The predicted molar refractivity (Wildman–Crippen MR) is 108 cm³/mol. The molecule has 1 fully saturated rings. The van der Waals surface area contributed by atoms with Gasteiger partial charge >= 0.3 is 0 Å². The Bertz CT molecular complexity index is 929. The smallest absolute Gasteiger partial charge is 0.225 e. The molecule has 0 bridgehead atoms. The number of ketones is 1. The number of aromatic amines is 1. The molecule has 0 amide bonds. The maximum atomic E-state index is 11.5. The summed E-state index contributed by atoms with van der Waals surface area (Å²) >= 11 is 0. The van der Waals surface area contributed by atoms with E-state index in [1.54, 1.807) is 0 Å². The van der Waals surface area contributed by atoms with Crippen molar-refractivity contribution in [2.45, 2.75) is 19.4 Å². The molecule has 0 unspecified atom stereocenters. The zero-order valence-corrected chi connectivity index (χ0v) is 15.8. The molecule has 0 atom stereocenters. The number of H-pyrrole nitrogens is 1. The van der Waals surface area contributed by atoms with Gasteiger partial charge < -0.3 is 20.3 Å². The Morgan fingerprint density at radius 1 is 1.21 bits per heavy atom. The number of Topliss-reactive ketones (excluding diaryl/α,β-unsaturated/α-hetero) is 1. The molecule has 1 aliphatic rings. The summed E-state index contributed by atoms with van der Waals surface area (Å²) < 4.78 is 0. The van der Waals surface area contributed by atoms with E-state index in [9.17, 15) is 4.79 Å². The number of carbonyl (C=O) groups is 1.